The molecule has 0 spiro atoms. The smallest absolute Gasteiger partial charge is 0.336 e. The third-order valence-electron chi connectivity index (χ3n) is 1.71. The maximum absolute atomic E-state index is 10.8. The van der Waals surface area contributed by atoms with E-state index in [4.69, 9.17) is 9.94 Å². The monoisotopic (exact) mass is 207 g/mol. The minimum Gasteiger partial charge on any atom is -0.478 e. The Bertz CT molecular complexity index is 381. The molecule has 0 aliphatic heterocycles. The summed E-state index contributed by atoms with van der Waals surface area (Å²) in [6, 6.07) is 6.71. The van der Waals surface area contributed by atoms with E-state index < -0.39 is 5.97 Å². The third kappa shape index (κ3) is 3.42. The molecule has 0 unspecified atom stereocenters. The molecular formula is C11H13NO3. The number of rotatable bonds is 4. The minimum absolute atomic E-state index is 0.174. The van der Waals surface area contributed by atoms with Crippen LogP contribution in [0.25, 0.3) is 0 Å². The van der Waals surface area contributed by atoms with Crippen molar-refractivity contribution in [2.75, 3.05) is 0 Å². The molecule has 0 amide bonds. The molecule has 0 radical (unpaired) electrons. The molecular weight excluding hydrogens is 194 g/mol. The number of benzene rings is 1. The van der Waals surface area contributed by atoms with Crippen LogP contribution < -0.4 is 0 Å². The van der Waals surface area contributed by atoms with Gasteiger partial charge in [0.2, 0.25) is 0 Å². The van der Waals surface area contributed by atoms with Gasteiger partial charge in [-0.1, -0.05) is 23.4 Å². The second-order valence-electron chi connectivity index (χ2n) is 3.27. The molecule has 1 aromatic carbocycles. The number of hydrogen-bond acceptors (Lipinski definition) is 3. The van der Waals surface area contributed by atoms with E-state index in [0.29, 0.717) is 5.56 Å². The van der Waals surface area contributed by atoms with E-state index in [0.717, 1.165) is 5.71 Å². The zero-order valence-corrected chi connectivity index (χ0v) is 8.73. The Balaban J connectivity index is 2.76. The molecule has 0 saturated carbocycles. The summed E-state index contributed by atoms with van der Waals surface area (Å²) in [5.74, 6) is -0.952. The van der Waals surface area contributed by atoms with Gasteiger partial charge in [-0.2, -0.15) is 0 Å². The molecule has 0 aromatic heterocycles. The first-order valence-electron chi connectivity index (χ1n) is 4.55. The summed E-state index contributed by atoms with van der Waals surface area (Å²) < 4.78 is 0. The average molecular weight is 207 g/mol. The fraction of sp³-hybridized carbons (Fsp3) is 0.273. The lowest BCUT2D eigenvalue weighted by Gasteiger charge is -2.04. The van der Waals surface area contributed by atoms with Crippen molar-refractivity contribution < 1.29 is 14.7 Å². The lowest BCUT2D eigenvalue weighted by atomic mass is 10.1. The van der Waals surface area contributed by atoms with Crippen molar-refractivity contribution in [3.8, 4) is 0 Å². The van der Waals surface area contributed by atoms with Crippen molar-refractivity contribution in [2.45, 2.75) is 20.5 Å². The van der Waals surface area contributed by atoms with E-state index >= 15 is 0 Å². The molecule has 4 nitrogen and oxygen atoms in total. The van der Waals surface area contributed by atoms with Gasteiger partial charge in [-0.3, -0.25) is 0 Å². The Morgan fingerprint density at radius 2 is 2.07 bits per heavy atom. The standard InChI is InChI=1S/C11H13NO3/c1-8(2)12-15-7-9-5-3-4-6-10(9)11(13)14/h3-6H,7H2,1-2H3,(H,13,14). The summed E-state index contributed by atoms with van der Waals surface area (Å²) in [5.41, 5.74) is 1.67. The predicted octanol–water partition coefficient (Wildman–Crippen LogP) is 2.30. The molecule has 0 saturated heterocycles. The van der Waals surface area contributed by atoms with Crippen LogP contribution in [0.1, 0.15) is 29.8 Å². The van der Waals surface area contributed by atoms with Gasteiger partial charge >= 0.3 is 5.97 Å². The SMILES string of the molecule is CC(C)=NOCc1ccccc1C(=O)O. The first-order valence-corrected chi connectivity index (χ1v) is 4.55. The highest BCUT2D eigenvalue weighted by atomic mass is 16.6. The van der Waals surface area contributed by atoms with Gasteiger partial charge in [0.05, 0.1) is 11.3 Å². The molecule has 0 heterocycles. The number of carboxylic acids is 1. The van der Waals surface area contributed by atoms with Gasteiger partial charge in [0.25, 0.3) is 0 Å². The molecule has 80 valence electrons. The summed E-state index contributed by atoms with van der Waals surface area (Å²) in [4.78, 5) is 15.8. The summed E-state index contributed by atoms with van der Waals surface area (Å²) in [5, 5.41) is 12.6. The largest absolute Gasteiger partial charge is 0.478 e. The summed E-state index contributed by atoms with van der Waals surface area (Å²) >= 11 is 0. The molecule has 4 heteroatoms. The molecule has 0 bridgehead atoms. The van der Waals surface area contributed by atoms with Crippen molar-refractivity contribution in [1.29, 1.82) is 0 Å². The van der Waals surface area contributed by atoms with Crippen LogP contribution in [-0.2, 0) is 11.4 Å². The van der Waals surface area contributed by atoms with Gasteiger partial charge in [-0.25, -0.2) is 4.79 Å². The van der Waals surface area contributed by atoms with Gasteiger partial charge in [-0.05, 0) is 19.9 Å². The quantitative estimate of drug-likeness (QED) is 0.608. The van der Waals surface area contributed by atoms with Crippen LogP contribution in [-0.4, -0.2) is 16.8 Å². The van der Waals surface area contributed by atoms with Gasteiger partial charge in [0.15, 0.2) is 0 Å². The highest BCUT2D eigenvalue weighted by Crippen LogP contribution is 2.10. The van der Waals surface area contributed by atoms with Crippen LogP contribution in [0, 0.1) is 0 Å². The summed E-state index contributed by atoms with van der Waals surface area (Å²) in [6.45, 7) is 3.79. The fourth-order valence-corrected chi connectivity index (χ4v) is 1.09. The zero-order valence-electron chi connectivity index (χ0n) is 8.73. The third-order valence-corrected chi connectivity index (χ3v) is 1.71. The minimum atomic E-state index is -0.952. The Morgan fingerprint density at radius 3 is 2.67 bits per heavy atom. The maximum atomic E-state index is 10.8. The Kier molecular flexibility index (Phi) is 3.85. The van der Waals surface area contributed by atoms with E-state index in [2.05, 4.69) is 5.16 Å². The Labute approximate surface area is 88.2 Å². The number of hydrogen-bond donors (Lipinski definition) is 1. The normalized spacial score (nSPS) is 9.47. The highest BCUT2D eigenvalue weighted by molar-refractivity contribution is 5.89. The van der Waals surface area contributed by atoms with Crippen LogP contribution in [0.15, 0.2) is 29.4 Å². The van der Waals surface area contributed by atoms with Crippen molar-refractivity contribution >= 4 is 11.7 Å². The first-order chi connectivity index (χ1) is 7.11. The summed E-state index contributed by atoms with van der Waals surface area (Å²) in [6.07, 6.45) is 0. The zero-order chi connectivity index (χ0) is 11.3. The molecule has 0 aliphatic rings. The molecule has 1 N–H and O–H groups in total. The van der Waals surface area contributed by atoms with Gasteiger partial charge in [0.1, 0.15) is 6.61 Å². The van der Waals surface area contributed by atoms with Crippen molar-refractivity contribution in [3.63, 3.8) is 0 Å². The lowest BCUT2D eigenvalue weighted by Crippen LogP contribution is -2.02. The van der Waals surface area contributed by atoms with Gasteiger partial charge in [0, 0.05) is 5.56 Å². The maximum Gasteiger partial charge on any atom is 0.336 e. The van der Waals surface area contributed by atoms with Crippen LogP contribution >= 0.6 is 0 Å². The van der Waals surface area contributed by atoms with E-state index in [1.54, 1.807) is 24.3 Å². The van der Waals surface area contributed by atoms with Gasteiger partial charge in [-0.15, -0.1) is 0 Å². The highest BCUT2D eigenvalue weighted by Gasteiger charge is 2.08. The van der Waals surface area contributed by atoms with Crippen LogP contribution in [0.3, 0.4) is 0 Å². The lowest BCUT2D eigenvalue weighted by molar-refractivity contribution is 0.0688. The van der Waals surface area contributed by atoms with Crippen LogP contribution in [0.4, 0.5) is 0 Å². The van der Waals surface area contributed by atoms with E-state index in [1.165, 1.54) is 0 Å². The first kappa shape index (κ1) is 11.2. The van der Waals surface area contributed by atoms with E-state index in [1.807, 2.05) is 13.8 Å². The molecule has 1 rings (SSSR count). The van der Waals surface area contributed by atoms with Crippen molar-refractivity contribution in [2.24, 2.45) is 5.16 Å². The number of aromatic carboxylic acids is 1. The number of carbonyl (C=O) groups is 1. The Morgan fingerprint density at radius 1 is 1.40 bits per heavy atom. The molecule has 0 fully saturated rings. The van der Waals surface area contributed by atoms with E-state index in [9.17, 15) is 4.79 Å². The van der Waals surface area contributed by atoms with Crippen LogP contribution in [0.2, 0.25) is 0 Å². The van der Waals surface area contributed by atoms with Crippen LogP contribution in [0.5, 0.6) is 0 Å². The fourth-order valence-electron chi connectivity index (χ4n) is 1.09. The number of nitrogens with zero attached hydrogens (tertiary/aromatic N) is 1. The number of oxime groups is 1. The Hall–Kier alpha value is -1.84. The van der Waals surface area contributed by atoms with E-state index in [-0.39, 0.29) is 12.2 Å². The number of carboxylic acid groups (broad SMARTS) is 1. The van der Waals surface area contributed by atoms with Crippen molar-refractivity contribution in [1.82, 2.24) is 0 Å². The average Bonchev–Trinajstić information content (AvgIpc) is 2.17. The second-order valence-corrected chi connectivity index (χ2v) is 3.27. The molecule has 1 aromatic rings. The van der Waals surface area contributed by atoms with Gasteiger partial charge < -0.3 is 9.94 Å². The molecule has 0 atom stereocenters. The molecule has 15 heavy (non-hydrogen) atoms. The molecule has 0 aliphatic carbocycles. The second kappa shape index (κ2) is 5.14. The van der Waals surface area contributed by atoms with Crippen molar-refractivity contribution in [3.05, 3.63) is 35.4 Å². The predicted molar refractivity (Wildman–Crippen MR) is 57.0 cm³/mol. The topological polar surface area (TPSA) is 58.9 Å². The summed E-state index contributed by atoms with van der Waals surface area (Å²) in [7, 11) is 0.